The highest BCUT2D eigenvalue weighted by atomic mass is 16.6. The Bertz CT molecular complexity index is 1370. The molecule has 10 heteroatoms. The molecule has 1 N–H and O–H groups in total. The fourth-order valence-corrected chi connectivity index (χ4v) is 6.76. The molecule has 0 unspecified atom stereocenters. The van der Waals surface area contributed by atoms with Crippen LogP contribution in [-0.2, 0) is 20.7 Å². The van der Waals surface area contributed by atoms with Gasteiger partial charge in [0.1, 0.15) is 35.5 Å². The Hall–Kier alpha value is -3.43. The molecule has 2 aromatic rings. The number of rotatable bonds is 3. The maximum atomic E-state index is 14.1. The molecule has 3 heterocycles. The van der Waals surface area contributed by atoms with Crippen LogP contribution in [0.4, 0.5) is 4.79 Å². The van der Waals surface area contributed by atoms with Crippen LogP contribution in [0, 0.1) is 23.2 Å². The zero-order chi connectivity index (χ0) is 31.1. The third-order valence-corrected chi connectivity index (χ3v) is 9.65. The van der Waals surface area contributed by atoms with Crippen LogP contribution < -0.4 is 14.8 Å². The Morgan fingerprint density at radius 3 is 2.58 bits per heavy atom. The van der Waals surface area contributed by atoms with Crippen molar-refractivity contribution >= 4 is 29.3 Å². The van der Waals surface area contributed by atoms with E-state index in [1.165, 1.54) is 4.90 Å². The van der Waals surface area contributed by atoms with Gasteiger partial charge < -0.3 is 29.2 Å². The number of hydrogen-bond acceptors (Lipinski definition) is 8. The van der Waals surface area contributed by atoms with Gasteiger partial charge in [0.15, 0.2) is 0 Å². The van der Waals surface area contributed by atoms with Crippen molar-refractivity contribution in [2.45, 2.75) is 104 Å². The summed E-state index contributed by atoms with van der Waals surface area (Å²) in [6.45, 7) is 12.0. The Kier molecular flexibility index (Phi) is 8.60. The first kappa shape index (κ1) is 31.0. The maximum Gasteiger partial charge on any atom is 0.408 e. The molecule has 2 fully saturated rings. The second-order valence-electron chi connectivity index (χ2n) is 13.9. The minimum atomic E-state index is -0.891. The van der Waals surface area contributed by atoms with Gasteiger partial charge in [-0.25, -0.2) is 14.8 Å². The van der Waals surface area contributed by atoms with E-state index in [1.807, 2.05) is 45.9 Å². The van der Waals surface area contributed by atoms with Gasteiger partial charge in [0.25, 0.3) is 0 Å². The number of hydrogen-bond donors (Lipinski definition) is 1. The predicted octanol–water partition coefficient (Wildman–Crippen LogP) is 5.10. The Morgan fingerprint density at radius 2 is 1.91 bits per heavy atom. The summed E-state index contributed by atoms with van der Waals surface area (Å²) >= 11 is 0. The van der Waals surface area contributed by atoms with Crippen LogP contribution in [0.25, 0.3) is 11.0 Å². The van der Waals surface area contributed by atoms with E-state index in [4.69, 9.17) is 24.2 Å². The minimum absolute atomic E-state index is 0.156. The quantitative estimate of drug-likeness (QED) is 0.488. The number of methoxy groups -OCH3 is 1. The molecule has 1 aliphatic carbocycles. The van der Waals surface area contributed by atoms with E-state index in [2.05, 4.69) is 19.2 Å². The molecule has 5 rings (SSSR count). The number of benzene rings is 1. The van der Waals surface area contributed by atoms with Crippen molar-refractivity contribution < 1.29 is 28.6 Å². The lowest BCUT2D eigenvalue weighted by atomic mass is 9.85. The molecule has 2 aliphatic heterocycles. The van der Waals surface area contributed by atoms with Gasteiger partial charge >= 0.3 is 6.09 Å². The number of ether oxygens (including phenoxy) is 3. The fourth-order valence-electron chi connectivity index (χ4n) is 6.76. The summed E-state index contributed by atoms with van der Waals surface area (Å²) in [4.78, 5) is 51.1. The number of aryl methyl sites for hydroxylation is 1. The molecule has 2 bridgehead atoms. The van der Waals surface area contributed by atoms with Crippen LogP contribution in [0.1, 0.15) is 79.3 Å². The SMILES string of the molecule is COc1ccc2nc3c(nc2c1)O[C@H]1CN(C(=O)[C@H](C(C)(C)C)NC(=O)O[C@]2(C(C)C)C[C@H]2CCCCC3)[C@H](C=O)[C@@H]1C. The lowest BCUT2D eigenvalue weighted by Crippen LogP contribution is -2.57. The first-order valence-corrected chi connectivity index (χ1v) is 15.6. The number of aromatic nitrogens is 2. The van der Waals surface area contributed by atoms with Crippen molar-refractivity contribution in [1.29, 1.82) is 0 Å². The molecule has 43 heavy (non-hydrogen) atoms. The van der Waals surface area contributed by atoms with Crippen molar-refractivity contribution in [2.75, 3.05) is 13.7 Å². The standard InChI is InChI=1S/C33H46N4O6/c1-19(2)33-16-21(33)11-9-8-10-12-24-29(35-25-15-22(41-7)13-14-23(25)34-24)42-27-17-37(26(18-38)20(27)3)30(39)28(32(4,5)6)36-31(40)43-33/h13-15,18-21,26-28H,8-12,16-17H2,1-7H3,(H,36,40)/t20-,21+,26+,27-,28+,33-/m0/s1. The molecular formula is C33H46N4O6. The van der Waals surface area contributed by atoms with Gasteiger partial charge in [-0.2, -0.15) is 0 Å². The van der Waals surface area contributed by atoms with E-state index < -0.39 is 35.3 Å². The van der Waals surface area contributed by atoms with Crippen molar-refractivity contribution in [3.63, 3.8) is 0 Å². The highest BCUT2D eigenvalue weighted by molar-refractivity contribution is 5.89. The Labute approximate surface area is 254 Å². The second-order valence-corrected chi connectivity index (χ2v) is 13.9. The summed E-state index contributed by atoms with van der Waals surface area (Å²) in [5.41, 5.74) is 1.03. The summed E-state index contributed by atoms with van der Waals surface area (Å²) in [5, 5.41) is 2.89. The van der Waals surface area contributed by atoms with Gasteiger partial charge in [-0.3, -0.25) is 4.79 Å². The Morgan fingerprint density at radius 1 is 1.14 bits per heavy atom. The summed E-state index contributed by atoms with van der Waals surface area (Å²) in [6.07, 6.45) is 5.12. The normalized spacial score (nSPS) is 30.3. The third-order valence-electron chi connectivity index (χ3n) is 9.65. The number of aldehydes is 1. The largest absolute Gasteiger partial charge is 0.497 e. The predicted molar refractivity (Wildman–Crippen MR) is 162 cm³/mol. The van der Waals surface area contributed by atoms with Gasteiger partial charge in [0, 0.05) is 17.9 Å². The number of amides is 2. The van der Waals surface area contributed by atoms with E-state index in [1.54, 1.807) is 7.11 Å². The lowest BCUT2D eigenvalue weighted by Gasteiger charge is -2.35. The van der Waals surface area contributed by atoms with Crippen LogP contribution in [0.5, 0.6) is 11.6 Å². The minimum Gasteiger partial charge on any atom is -0.497 e. The molecule has 0 spiro atoms. The average molecular weight is 595 g/mol. The summed E-state index contributed by atoms with van der Waals surface area (Å²) in [6, 6.07) is 3.99. The van der Waals surface area contributed by atoms with Crippen molar-refractivity contribution in [3.8, 4) is 11.6 Å². The molecular weight excluding hydrogens is 548 g/mol. The zero-order valence-electron chi connectivity index (χ0n) is 26.5. The van der Waals surface area contributed by atoms with Crippen LogP contribution in [0.3, 0.4) is 0 Å². The summed E-state index contributed by atoms with van der Waals surface area (Å²) in [7, 11) is 1.61. The van der Waals surface area contributed by atoms with E-state index in [0.717, 1.165) is 49.6 Å². The first-order chi connectivity index (χ1) is 20.4. The van der Waals surface area contributed by atoms with Crippen LogP contribution in [-0.4, -0.2) is 70.6 Å². The fraction of sp³-hybridized carbons (Fsp3) is 0.667. The number of alkyl carbamates (subject to hydrolysis) is 1. The number of fused-ring (bicyclic) bond motifs is 5. The molecule has 10 nitrogen and oxygen atoms in total. The third kappa shape index (κ3) is 6.15. The van der Waals surface area contributed by atoms with Crippen molar-refractivity contribution in [2.24, 2.45) is 23.2 Å². The van der Waals surface area contributed by atoms with Crippen molar-refractivity contribution in [3.05, 3.63) is 23.9 Å². The highest BCUT2D eigenvalue weighted by Gasteiger charge is 2.59. The van der Waals surface area contributed by atoms with Gasteiger partial charge in [-0.05, 0) is 49.1 Å². The smallest absolute Gasteiger partial charge is 0.408 e. The van der Waals surface area contributed by atoms with Crippen LogP contribution >= 0.6 is 0 Å². The molecule has 6 atom stereocenters. The summed E-state index contributed by atoms with van der Waals surface area (Å²) in [5.74, 6) is 0.904. The van der Waals surface area contributed by atoms with E-state index in [0.29, 0.717) is 23.6 Å². The van der Waals surface area contributed by atoms with Gasteiger partial charge in [0.2, 0.25) is 11.8 Å². The topological polar surface area (TPSA) is 120 Å². The molecule has 1 saturated carbocycles. The molecule has 1 saturated heterocycles. The number of nitrogens with one attached hydrogen (secondary N) is 1. The molecule has 2 amide bonds. The number of carbonyl (C=O) groups is 3. The molecule has 1 aromatic carbocycles. The van der Waals surface area contributed by atoms with Gasteiger partial charge in [0.05, 0.1) is 30.7 Å². The van der Waals surface area contributed by atoms with E-state index in [-0.39, 0.29) is 30.2 Å². The van der Waals surface area contributed by atoms with Crippen LogP contribution in [0.15, 0.2) is 18.2 Å². The first-order valence-electron chi connectivity index (χ1n) is 15.6. The van der Waals surface area contributed by atoms with Crippen molar-refractivity contribution in [1.82, 2.24) is 20.2 Å². The zero-order valence-corrected chi connectivity index (χ0v) is 26.5. The molecule has 1 aromatic heterocycles. The molecule has 3 aliphatic rings. The number of carbonyl (C=O) groups excluding carboxylic acids is 3. The monoisotopic (exact) mass is 594 g/mol. The lowest BCUT2D eigenvalue weighted by molar-refractivity contribution is -0.139. The van der Waals surface area contributed by atoms with E-state index in [9.17, 15) is 14.4 Å². The molecule has 0 radical (unpaired) electrons. The highest BCUT2D eigenvalue weighted by Crippen LogP contribution is 2.55. The summed E-state index contributed by atoms with van der Waals surface area (Å²) < 4.78 is 18.0. The van der Waals surface area contributed by atoms with Crippen LogP contribution in [0.2, 0.25) is 0 Å². The number of nitrogens with zero attached hydrogens (tertiary/aromatic N) is 3. The second kappa shape index (κ2) is 11.9. The Balaban J connectivity index is 1.51. The molecule has 234 valence electrons. The van der Waals surface area contributed by atoms with E-state index >= 15 is 0 Å². The maximum absolute atomic E-state index is 14.1. The van der Waals surface area contributed by atoms with Gasteiger partial charge in [-0.15, -0.1) is 0 Å². The van der Waals surface area contributed by atoms with Gasteiger partial charge in [-0.1, -0.05) is 54.4 Å². The average Bonchev–Trinajstić information content (AvgIpc) is 3.56.